The molecular formula is C18H17N3O5S. The van der Waals surface area contributed by atoms with Crippen LogP contribution in [0.15, 0.2) is 35.9 Å². The summed E-state index contributed by atoms with van der Waals surface area (Å²) in [6.45, 7) is 0.455. The average molecular weight is 387 g/mol. The van der Waals surface area contributed by atoms with Crippen molar-refractivity contribution in [1.29, 1.82) is 0 Å². The Morgan fingerprint density at radius 3 is 2.85 bits per heavy atom. The van der Waals surface area contributed by atoms with E-state index in [2.05, 4.69) is 4.98 Å². The Morgan fingerprint density at radius 1 is 1.37 bits per heavy atom. The lowest BCUT2D eigenvalue weighted by atomic mass is 10.1. The zero-order valence-corrected chi connectivity index (χ0v) is 15.3. The number of carbonyl (C=O) groups excluding carboxylic acids is 2. The first-order valence-electron chi connectivity index (χ1n) is 8.07. The Kier molecular flexibility index (Phi) is 5.63. The third-order valence-electron chi connectivity index (χ3n) is 4.00. The van der Waals surface area contributed by atoms with Crippen molar-refractivity contribution in [3.8, 4) is 0 Å². The van der Waals surface area contributed by atoms with Gasteiger partial charge in [0.1, 0.15) is 11.6 Å². The standard InChI is InChI=1S/C18H17N3O5S/c1-26-8-7-20-13-3-2-12(18(24)25)10-14(13)21(11-17(20)23)16(22)5-4-15-19-6-9-27-15/h2-6,9-10H,7-8,11H2,1H3,(H,24,25)/b5-4+. The lowest BCUT2D eigenvalue weighted by Crippen LogP contribution is -2.48. The summed E-state index contributed by atoms with van der Waals surface area (Å²) in [7, 11) is 1.53. The van der Waals surface area contributed by atoms with E-state index in [0.717, 1.165) is 0 Å². The van der Waals surface area contributed by atoms with Gasteiger partial charge in [-0.25, -0.2) is 9.78 Å². The Bertz CT molecular complexity index is 894. The molecular weight excluding hydrogens is 370 g/mol. The molecule has 0 unspecified atom stereocenters. The minimum absolute atomic E-state index is 0.0384. The molecule has 140 valence electrons. The van der Waals surface area contributed by atoms with Crippen molar-refractivity contribution < 1.29 is 24.2 Å². The number of amides is 2. The third kappa shape index (κ3) is 4.04. The van der Waals surface area contributed by atoms with Crippen LogP contribution in [-0.2, 0) is 14.3 Å². The Morgan fingerprint density at radius 2 is 2.19 bits per heavy atom. The van der Waals surface area contributed by atoms with Crippen LogP contribution in [0.5, 0.6) is 0 Å². The first-order chi connectivity index (χ1) is 13.0. The fraction of sp³-hybridized carbons (Fsp3) is 0.222. The molecule has 0 bridgehead atoms. The minimum atomic E-state index is -1.11. The molecule has 1 aromatic heterocycles. The van der Waals surface area contributed by atoms with Crippen molar-refractivity contribution in [2.45, 2.75) is 0 Å². The summed E-state index contributed by atoms with van der Waals surface area (Å²) in [5, 5.41) is 11.7. The van der Waals surface area contributed by atoms with Crippen molar-refractivity contribution >= 4 is 46.6 Å². The van der Waals surface area contributed by atoms with Crippen LogP contribution in [0.3, 0.4) is 0 Å². The van der Waals surface area contributed by atoms with Crippen LogP contribution < -0.4 is 9.80 Å². The lowest BCUT2D eigenvalue weighted by molar-refractivity contribution is -0.121. The van der Waals surface area contributed by atoms with Gasteiger partial charge in [0.15, 0.2) is 0 Å². The van der Waals surface area contributed by atoms with Gasteiger partial charge in [-0.1, -0.05) is 0 Å². The highest BCUT2D eigenvalue weighted by molar-refractivity contribution is 7.10. The molecule has 8 nitrogen and oxygen atoms in total. The van der Waals surface area contributed by atoms with Gasteiger partial charge in [-0.15, -0.1) is 11.3 Å². The first kappa shape index (κ1) is 18.7. The van der Waals surface area contributed by atoms with E-state index >= 15 is 0 Å². The quantitative estimate of drug-likeness (QED) is 0.760. The zero-order valence-electron chi connectivity index (χ0n) is 14.5. The molecule has 0 atom stereocenters. The number of methoxy groups -OCH3 is 1. The van der Waals surface area contributed by atoms with Crippen LogP contribution >= 0.6 is 11.3 Å². The number of ether oxygens (including phenoxy) is 1. The predicted octanol–water partition coefficient (Wildman–Crippen LogP) is 1.88. The topological polar surface area (TPSA) is 100 Å². The smallest absolute Gasteiger partial charge is 0.335 e. The van der Waals surface area contributed by atoms with Crippen molar-refractivity contribution in [3.05, 3.63) is 46.4 Å². The molecule has 3 rings (SSSR count). The molecule has 0 saturated heterocycles. The van der Waals surface area contributed by atoms with Crippen LogP contribution in [0.1, 0.15) is 15.4 Å². The predicted molar refractivity (Wildman–Crippen MR) is 101 cm³/mol. The van der Waals surface area contributed by atoms with Gasteiger partial charge in [0.2, 0.25) is 5.91 Å². The van der Waals surface area contributed by atoms with Crippen LogP contribution in [0.2, 0.25) is 0 Å². The number of carboxylic acid groups (broad SMARTS) is 1. The number of anilines is 2. The van der Waals surface area contributed by atoms with E-state index in [1.54, 1.807) is 17.7 Å². The van der Waals surface area contributed by atoms with Gasteiger partial charge in [0.05, 0.1) is 23.5 Å². The van der Waals surface area contributed by atoms with Crippen molar-refractivity contribution in [1.82, 2.24) is 4.98 Å². The molecule has 0 spiro atoms. The Hall–Kier alpha value is -3.04. The number of nitrogens with zero attached hydrogens (tertiary/aromatic N) is 3. The van der Waals surface area contributed by atoms with Gasteiger partial charge < -0.3 is 14.7 Å². The summed E-state index contributed by atoms with van der Waals surface area (Å²) in [4.78, 5) is 43.4. The molecule has 1 aromatic carbocycles. The van der Waals surface area contributed by atoms with Crippen molar-refractivity contribution in [2.24, 2.45) is 0 Å². The van der Waals surface area contributed by atoms with E-state index in [1.165, 1.54) is 52.5 Å². The highest BCUT2D eigenvalue weighted by Crippen LogP contribution is 2.34. The number of carboxylic acids is 1. The van der Waals surface area contributed by atoms with E-state index in [4.69, 9.17) is 4.74 Å². The second-order valence-electron chi connectivity index (χ2n) is 5.67. The number of hydrogen-bond acceptors (Lipinski definition) is 6. The molecule has 2 heterocycles. The van der Waals surface area contributed by atoms with Gasteiger partial charge in [0, 0.05) is 31.3 Å². The highest BCUT2D eigenvalue weighted by atomic mass is 32.1. The molecule has 9 heteroatoms. The summed E-state index contributed by atoms with van der Waals surface area (Å²) in [6.07, 6.45) is 4.52. The van der Waals surface area contributed by atoms with Crippen LogP contribution in [0, 0.1) is 0 Å². The van der Waals surface area contributed by atoms with Gasteiger partial charge in [-0.3, -0.25) is 14.5 Å². The van der Waals surface area contributed by atoms with Gasteiger partial charge in [0.25, 0.3) is 5.91 Å². The number of fused-ring (bicyclic) bond motifs is 1. The molecule has 0 fully saturated rings. The molecule has 0 aliphatic carbocycles. The van der Waals surface area contributed by atoms with E-state index in [-0.39, 0.29) is 18.0 Å². The number of rotatable bonds is 6. The molecule has 27 heavy (non-hydrogen) atoms. The molecule has 0 saturated carbocycles. The summed E-state index contributed by atoms with van der Waals surface area (Å²) in [6, 6.07) is 4.35. The maximum atomic E-state index is 12.7. The third-order valence-corrected chi connectivity index (χ3v) is 4.74. The number of hydrogen-bond donors (Lipinski definition) is 1. The number of aromatic nitrogens is 1. The van der Waals surface area contributed by atoms with E-state index in [9.17, 15) is 19.5 Å². The van der Waals surface area contributed by atoms with Crippen LogP contribution in [0.4, 0.5) is 11.4 Å². The highest BCUT2D eigenvalue weighted by Gasteiger charge is 2.32. The lowest BCUT2D eigenvalue weighted by Gasteiger charge is -2.35. The average Bonchev–Trinajstić information content (AvgIpc) is 3.18. The maximum absolute atomic E-state index is 12.7. The second kappa shape index (κ2) is 8.11. The number of thiazole rings is 1. The Labute approximate surface area is 159 Å². The fourth-order valence-electron chi connectivity index (χ4n) is 2.71. The van der Waals surface area contributed by atoms with Gasteiger partial charge >= 0.3 is 5.97 Å². The molecule has 1 aliphatic heterocycles. The zero-order chi connectivity index (χ0) is 19.4. The SMILES string of the molecule is COCCN1C(=O)CN(C(=O)/C=C/c2nccs2)c2cc(C(=O)O)ccc21. The Balaban J connectivity index is 1.97. The fourth-order valence-corrected chi connectivity index (χ4v) is 3.24. The molecule has 0 radical (unpaired) electrons. The van der Waals surface area contributed by atoms with E-state index in [1.807, 2.05) is 0 Å². The molecule has 1 aliphatic rings. The normalized spacial score (nSPS) is 13.9. The van der Waals surface area contributed by atoms with Gasteiger partial charge in [-0.05, 0) is 24.3 Å². The van der Waals surface area contributed by atoms with Crippen LogP contribution in [0.25, 0.3) is 6.08 Å². The summed E-state index contributed by atoms with van der Waals surface area (Å²) in [5.41, 5.74) is 0.889. The number of carbonyl (C=O) groups is 3. The molecule has 2 amide bonds. The summed E-state index contributed by atoms with van der Waals surface area (Å²) >= 11 is 1.38. The monoisotopic (exact) mass is 387 g/mol. The molecule has 1 N–H and O–H groups in total. The summed E-state index contributed by atoms with van der Waals surface area (Å²) < 4.78 is 5.04. The van der Waals surface area contributed by atoms with E-state index in [0.29, 0.717) is 29.5 Å². The van der Waals surface area contributed by atoms with Crippen molar-refractivity contribution in [2.75, 3.05) is 36.6 Å². The van der Waals surface area contributed by atoms with Crippen molar-refractivity contribution in [3.63, 3.8) is 0 Å². The summed E-state index contributed by atoms with van der Waals surface area (Å²) in [5.74, 6) is -1.80. The first-order valence-corrected chi connectivity index (χ1v) is 8.95. The largest absolute Gasteiger partial charge is 0.478 e. The van der Waals surface area contributed by atoms with Gasteiger partial charge in [-0.2, -0.15) is 0 Å². The molecule has 2 aromatic rings. The number of aromatic carboxylic acids is 1. The van der Waals surface area contributed by atoms with E-state index < -0.39 is 11.9 Å². The van der Waals surface area contributed by atoms with Crippen LogP contribution in [-0.4, -0.2) is 54.7 Å². The number of benzene rings is 1. The second-order valence-corrected chi connectivity index (χ2v) is 6.60. The minimum Gasteiger partial charge on any atom is -0.478 e. The maximum Gasteiger partial charge on any atom is 0.335 e.